The molecule has 0 aromatic heterocycles. The molecule has 1 N–H and O–H groups in total. The molecule has 1 rings (SSSR count). The SMILES string of the molecule is CC(C)CCC[C@H](C)NC(=O)COC(=O)c1ccc([N+](=O)[O-])cc1. The van der Waals surface area contributed by atoms with Crippen molar-refractivity contribution in [3.05, 3.63) is 39.9 Å². The lowest BCUT2D eigenvalue weighted by Gasteiger charge is -2.14. The highest BCUT2D eigenvalue weighted by Crippen LogP contribution is 2.12. The van der Waals surface area contributed by atoms with Crippen LogP contribution in [0.25, 0.3) is 0 Å². The quantitative estimate of drug-likeness (QED) is 0.424. The Kier molecular flexibility index (Phi) is 7.88. The minimum absolute atomic E-state index is 0.0225. The van der Waals surface area contributed by atoms with Crippen molar-refractivity contribution in [2.75, 3.05) is 6.61 Å². The van der Waals surface area contributed by atoms with E-state index in [4.69, 9.17) is 4.74 Å². The number of esters is 1. The van der Waals surface area contributed by atoms with Gasteiger partial charge in [0.25, 0.3) is 11.6 Å². The number of carbonyl (C=O) groups is 2. The van der Waals surface area contributed by atoms with Crippen LogP contribution in [0.1, 0.15) is 50.4 Å². The summed E-state index contributed by atoms with van der Waals surface area (Å²) in [5, 5.41) is 13.3. The predicted octanol–water partition coefficient (Wildman–Crippen LogP) is 3.08. The van der Waals surface area contributed by atoms with Crippen molar-refractivity contribution in [2.45, 2.75) is 46.1 Å². The third kappa shape index (κ3) is 7.21. The maximum Gasteiger partial charge on any atom is 0.338 e. The van der Waals surface area contributed by atoms with Crippen molar-refractivity contribution < 1.29 is 19.2 Å². The number of rotatable bonds is 9. The number of nitro benzene ring substituents is 1. The van der Waals surface area contributed by atoms with Crippen LogP contribution >= 0.6 is 0 Å². The average molecular weight is 336 g/mol. The molecule has 0 spiro atoms. The smallest absolute Gasteiger partial charge is 0.338 e. The molecule has 0 heterocycles. The normalized spacial score (nSPS) is 11.8. The summed E-state index contributed by atoms with van der Waals surface area (Å²) in [7, 11) is 0. The number of ether oxygens (including phenoxy) is 1. The van der Waals surface area contributed by atoms with E-state index in [2.05, 4.69) is 19.2 Å². The number of nitrogens with one attached hydrogen (secondary N) is 1. The van der Waals surface area contributed by atoms with Gasteiger partial charge >= 0.3 is 5.97 Å². The van der Waals surface area contributed by atoms with E-state index in [1.54, 1.807) is 0 Å². The van der Waals surface area contributed by atoms with Gasteiger partial charge in [0.1, 0.15) is 0 Å². The molecule has 24 heavy (non-hydrogen) atoms. The minimum Gasteiger partial charge on any atom is -0.452 e. The van der Waals surface area contributed by atoms with Gasteiger partial charge in [-0.05, 0) is 31.4 Å². The topological polar surface area (TPSA) is 98.5 Å². The fourth-order valence-electron chi connectivity index (χ4n) is 2.15. The second kappa shape index (κ2) is 9.64. The van der Waals surface area contributed by atoms with Gasteiger partial charge in [0, 0.05) is 18.2 Å². The molecule has 1 atom stereocenters. The first-order chi connectivity index (χ1) is 11.3. The third-order valence-electron chi connectivity index (χ3n) is 3.47. The lowest BCUT2D eigenvalue weighted by molar-refractivity contribution is -0.384. The molecule has 0 radical (unpaired) electrons. The van der Waals surface area contributed by atoms with Crippen LogP contribution < -0.4 is 5.32 Å². The Hall–Kier alpha value is -2.44. The van der Waals surface area contributed by atoms with E-state index in [1.807, 2.05) is 6.92 Å². The van der Waals surface area contributed by atoms with E-state index >= 15 is 0 Å². The molecule has 0 fully saturated rings. The first-order valence-electron chi connectivity index (χ1n) is 8.00. The van der Waals surface area contributed by atoms with Crippen molar-refractivity contribution in [3.63, 3.8) is 0 Å². The van der Waals surface area contributed by atoms with Gasteiger partial charge in [0.2, 0.25) is 0 Å². The highest BCUT2D eigenvalue weighted by molar-refractivity contribution is 5.91. The molecule has 7 heteroatoms. The molecule has 0 saturated carbocycles. The molecule has 0 aliphatic carbocycles. The summed E-state index contributed by atoms with van der Waals surface area (Å²) in [5.74, 6) is -0.412. The van der Waals surface area contributed by atoms with Crippen molar-refractivity contribution in [1.82, 2.24) is 5.32 Å². The molecule has 7 nitrogen and oxygen atoms in total. The standard InChI is InChI=1S/C17H24N2O5/c1-12(2)5-4-6-13(3)18-16(20)11-24-17(21)14-7-9-15(10-8-14)19(22)23/h7-10,12-13H,4-6,11H2,1-3H3,(H,18,20)/t13-/m0/s1. The molecule has 0 bridgehead atoms. The van der Waals surface area contributed by atoms with Gasteiger partial charge < -0.3 is 10.1 Å². The van der Waals surface area contributed by atoms with Gasteiger partial charge in [-0.1, -0.05) is 26.7 Å². The molecule has 1 aromatic carbocycles. The summed E-state index contributed by atoms with van der Waals surface area (Å²) in [6, 6.07) is 5.05. The zero-order valence-corrected chi connectivity index (χ0v) is 14.3. The molecule has 0 aliphatic rings. The van der Waals surface area contributed by atoms with Crippen molar-refractivity contribution in [1.29, 1.82) is 0 Å². The van der Waals surface area contributed by atoms with E-state index in [0.29, 0.717) is 5.92 Å². The lowest BCUT2D eigenvalue weighted by Crippen LogP contribution is -2.35. The van der Waals surface area contributed by atoms with Crippen LogP contribution in [-0.2, 0) is 9.53 Å². The molecule has 132 valence electrons. The van der Waals surface area contributed by atoms with E-state index < -0.39 is 10.9 Å². The third-order valence-corrected chi connectivity index (χ3v) is 3.47. The molecular weight excluding hydrogens is 312 g/mol. The number of benzene rings is 1. The number of nitrogens with zero attached hydrogens (tertiary/aromatic N) is 1. The fraction of sp³-hybridized carbons (Fsp3) is 0.529. The van der Waals surface area contributed by atoms with Crippen molar-refractivity contribution in [2.24, 2.45) is 5.92 Å². The Balaban J connectivity index is 2.35. The van der Waals surface area contributed by atoms with Crippen molar-refractivity contribution in [3.8, 4) is 0 Å². The molecular formula is C17H24N2O5. The van der Waals surface area contributed by atoms with Crippen LogP contribution in [0.5, 0.6) is 0 Å². The van der Waals surface area contributed by atoms with Crippen LogP contribution in [0.2, 0.25) is 0 Å². The van der Waals surface area contributed by atoms with Crippen LogP contribution in [-0.4, -0.2) is 29.4 Å². The molecule has 0 unspecified atom stereocenters. The van der Waals surface area contributed by atoms with Crippen LogP contribution in [0.3, 0.4) is 0 Å². The van der Waals surface area contributed by atoms with Gasteiger partial charge in [0.05, 0.1) is 10.5 Å². The lowest BCUT2D eigenvalue weighted by atomic mass is 10.0. The summed E-state index contributed by atoms with van der Waals surface area (Å²) in [6.07, 6.45) is 3.01. The Morgan fingerprint density at radius 3 is 2.33 bits per heavy atom. The van der Waals surface area contributed by atoms with Gasteiger partial charge in [-0.25, -0.2) is 4.79 Å². The van der Waals surface area contributed by atoms with Crippen molar-refractivity contribution >= 4 is 17.6 Å². The monoisotopic (exact) mass is 336 g/mol. The van der Waals surface area contributed by atoms with Crippen LogP contribution in [0.15, 0.2) is 24.3 Å². The van der Waals surface area contributed by atoms with E-state index in [1.165, 1.54) is 24.3 Å². The number of non-ortho nitro benzene ring substituents is 1. The second-order valence-corrected chi connectivity index (χ2v) is 6.17. The number of hydrogen-bond donors (Lipinski definition) is 1. The Bertz CT molecular complexity index is 569. The maximum absolute atomic E-state index is 11.8. The summed E-state index contributed by atoms with van der Waals surface area (Å²) in [5.41, 5.74) is 0.0536. The minimum atomic E-state index is -0.687. The summed E-state index contributed by atoms with van der Waals surface area (Å²) < 4.78 is 4.91. The first-order valence-corrected chi connectivity index (χ1v) is 8.00. The Morgan fingerprint density at radius 1 is 1.17 bits per heavy atom. The zero-order chi connectivity index (χ0) is 18.1. The maximum atomic E-state index is 11.8. The number of nitro groups is 1. The molecule has 0 aliphatic heterocycles. The molecule has 1 amide bonds. The van der Waals surface area contributed by atoms with Crippen LogP contribution in [0, 0.1) is 16.0 Å². The fourth-order valence-corrected chi connectivity index (χ4v) is 2.15. The highest BCUT2D eigenvalue weighted by Gasteiger charge is 2.13. The van der Waals surface area contributed by atoms with E-state index in [9.17, 15) is 19.7 Å². The Labute approximate surface area is 141 Å². The average Bonchev–Trinajstić information content (AvgIpc) is 2.52. The summed E-state index contributed by atoms with van der Waals surface area (Å²) in [6.45, 7) is 5.85. The van der Waals surface area contributed by atoms with E-state index in [-0.39, 0.29) is 29.8 Å². The number of amides is 1. The summed E-state index contributed by atoms with van der Waals surface area (Å²) >= 11 is 0. The second-order valence-electron chi connectivity index (χ2n) is 6.17. The van der Waals surface area contributed by atoms with Gasteiger partial charge in [-0.2, -0.15) is 0 Å². The summed E-state index contributed by atoms with van der Waals surface area (Å²) in [4.78, 5) is 33.5. The van der Waals surface area contributed by atoms with E-state index in [0.717, 1.165) is 19.3 Å². The largest absolute Gasteiger partial charge is 0.452 e. The highest BCUT2D eigenvalue weighted by atomic mass is 16.6. The number of hydrogen-bond acceptors (Lipinski definition) is 5. The molecule has 1 aromatic rings. The first kappa shape index (κ1) is 19.6. The number of carbonyl (C=O) groups excluding carboxylic acids is 2. The van der Waals surface area contributed by atoms with Gasteiger partial charge in [0.15, 0.2) is 6.61 Å². The van der Waals surface area contributed by atoms with Gasteiger partial charge in [-0.15, -0.1) is 0 Å². The molecule has 0 saturated heterocycles. The zero-order valence-electron chi connectivity index (χ0n) is 14.3. The van der Waals surface area contributed by atoms with Crippen LogP contribution in [0.4, 0.5) is 5.69 Å². The van der Waals surface area contributed by atoms with Gasteiger partial charge in [-0.3, -0.25) is 14.9 Å². The Morgan fingerprint density at radius 2 is 1.79 bits per heavy atom. The predicted molar refractivity (Wildman–Crippen MR) is 89.7 cm³/mol.